The average Bonchev–Trinajstić information content (AvgIpc) is 2.36. The van der Waals surface area contributed by atoms with Gasteiger partial charge in [0.15, 0.2) is 0 Å². The Morgan fingerprint density at radius 2 is 1.89 bits per heavy atom. The van der Waals surface area contributed by atoms with Crippen molar-refractivity contribution in [2.45, 2.75) is 6.92 Å². The zero-order valence-electron chi connectivity index (χ0n) is 10.0. The molecular weight excluding hydrogens is 485 g/mol. The number of hydrogen-bond donors (Lipinski definition) is 1. The maximum atomic E-state index is 12.2. The van der Waals surface area contributed by atoms with E-state index in [0.29, 0.717) is 5.56 Å². The van der Waals surface area contributed by atoms with Crippen molar-refractivity contribution in [1.29, 1.82) is 0 Å². The fourth-order valence-electron chi connectivity index (χ4n) is 1.61. The van der Waals surface area contributed by atoms with Gasteiger partial charge in [-0.15, -0.1) is 0 Å². The van der Waals surface area contributed by atoms with E-state index >= 15 is 0 Å². The molecule has 0 aliphatic rings. The highest BCUT2D eigenvalue weighted by atomic mass is 127. The first-order chi connectivity index (χ1) is 8.97. The first-order valence-electron chi connectivity index (χ1n) is 5.50. The fraction of sp³-hybridized carbons (Fsp3) is 0.0714. The average molecular weight is 495 g/mol. The molecule has 2 rings (SSSR count). The third-order valence-corrected chi connectivity index (χ3v) is 5.45. The second-order valence-corrected chi connectivity index (χ2v) is 6.97. The van der Waals surface area contributed by atoms with Crippen LogP contribution in [0.15, 0.2) is 45.3 Å². The number of benzene rings is 2. The third kappa shape index (κ3) is 3.79. The highest BCUT2D eigenvalue weighted by molar-refractivity contribution is 14.1. The molecule has 19 heavy (non-hydrogen) atoms. The molecule has 0 aliphatic heterocycles. The predicted molar refractivity (Wildman–Crippen MR) is 93.7 cm³/mol. The van der Waals surface area contributed by atoms with E-state index in [2.05, 4.69) is 59.8 Å². The van der Waals surface area contributed by atoms with Crippen LogP contribution in [-0.4, -0.2) is 5.91 Å². The monoisotopic (exact) mass is 493 g/mol. The number of hydrogen-bond acceptors (Lipinski definition) is 1. The summed E-state index contributed by atoms with van der Waals surface area (Å²) in [5.41, 5.74) is 2.39. The van der Waals surface area contributed by atoms with Gasteiger partial charge in [-0.2, -0.15) is 0 Å². The van der Waals surface area contributed by atoms with E-state index in [-0.39, 0.29) is 5.91 Å². The van der Waals surface area contributed by atoms with Gasteiger partial charge in [0.25, 0.3) is 5.91 Å². The van der Waals surface area contributed by atoms with Crippen molar-refractivity contribution in [1.82, 2.24) is 0 Å². The minimum absolute atomic E-state index is 0.105. The van der Waals surface area contributed by atoms with E-state index in [1.165, 1.54) is 0 Å². The quantitative estimate of drug-likeness (QED) is 0.558. The number of amides is 1. The summed E-state index contributed by atoms with van der Waals surface area (Å²) in [4.78, 5) is 12.2. The Morgan fingerprint density at radius 1 is 1.16 bits per heavy atom. The van der Waals surface area contributed by atoms with E-state index < -0.39 is 0 Å². The molecule has 0 spiro atoms. The number of halogens is 3. The first kappa shape index (κ1) is 15.0. The number of carbonyl (C=O) groups is 1. The molecule has 5 heteroatoms. The predicted octanol–water partition coefficient (Wildman–Crippen LogP) is 5.38. The Balaban J connectivity index is 2.25. The summed E-state index contributed by atoms with van der Waals surface area (Å²) < 4.78 is 2.97. The van der Waals surface area contributed by atoms with Gasteiger partial charge < -0.3 is 5.32 Å². The Hall–Kier alpha value is -0.400. The number of carbonyl (C=O) groups excluding carboxylic acids is 1. The zero-order chi connectivity index (χ0) is 14.0. The first-order valence-corrected chi connectivity index (χ1v) is 8.16. The van der Waals surface area contributed by atoms with Gasteiger partial charge in [0.1, 0.15) is 0 Å². The molecule has 1 amide bonds. The molecule has 0 heterocycles. The van der Waals surface area contributed by atoms with Crippen molar-refractivity contribution in [3.63, 3.8) is 0 Å². The van der Waals surface area contributed by atoms with Crippen LogP contribution in [0.4, 0.5) is 5.69 Å². The molecule has 2 aromatic carbocycles. The molecular formula is C14H10Br2INO. The topological polar surface area (TPSA) is 29.1 Å². The lowest BCUT2D eigenvalue weighted by Gasteiger charge is -2.09. The molecule has 2 nitrogen and oxygen atoms in total. The van der Waals surface area contributed by atoms with Crippen LogP contribution >= 0.6 is 54.5 Å². The summed E-state index contributed by atoms with van der Waals surface area (Å²) in [6.45, 7) is 1.92. The molecule has 0 bridgehead atoms. The Bertz CT molecular complexity index is 643. The van der Waals surface area contributed by atoms with Gasteiger partial charge in [0.05, 0.1) is 0 Å². The van der Waals surface area contributed by atoms with Crippen LogP contribution in [0.25, 0.3) is 0 Å². The summed E-state index contributed by atoms with van der Waals surface area (Å²) in [6.07, 6.45) is 0. The lowest BCUT2D eigenvalue weighted by molar-refractivity contribution is 0.102. The summed E-state index contributed by atoms with van der Waals surface area (Å²) >= 11 is 9.06. The van der Waals surface area contributed by atoms with Crippen LogP contribution in [-0.2, 0) is 0 Å². The van der Waals surface area contributed by atoms with Gasteiger partial charge in [-0.1, -0.05) is 22.0 Å². The minimum atomic E-state index is -0.105. The number of aryl methyl sites for hydroxylation is 1. The second-order valence-electron chi connectivity index (χ2n) is 4.04. The smallest absolute Gasteiger partial charge is 0.255 e. The van der Waals surface area contributed by atoms with Crippen molar-refractivity contribution < 1.29 is 4.79 Å². The van der Waals surface area contributed by atoms with E-state index in [4.69, 9.17) is 0 Å². The van der Waals surface area contributed by atoms with Crippen LogP contribution < -0.4 is 5.32 Å². The second kappa shape index (κ2) is 6.37. The summed E-state index contributed by atoms with van der Waals surface area (Å²) in [6, 6.07) is 11.4. The number of nitrogens with one attached hydrogen (secondary N) is 1. The fourth-order valence-corrected chi connectivity index (χ4v) is 2.69. The standard InChI is InChI=1S/C14H10Br2INO/c1-8-2-3-9(15)6-11(8)14(19)18-10-4-5-13(17)12(16)7-10/h2-7H,1H3,(H,18,19). The van der Waals surface area contributed by atoms with Gasteiger partial charge in [-0.25, -0.2) is 0 Å². The Kier molecular flexibility index (Phi) is 5.03. The molecule has 0 aliphatic carbocycles. The van der Waals surface area contributed by atoms with Gasteiger partial charge >= 0.3 is 0 Å². The highest BCUT2D eigenvalue weighted by Crippen LogP contribution is 2.24. The molecule has 0 saturated heterocycles. The highest BCUT2D eigenvalue weighted by Gasteiger charge is 2.10. The van der Waals surface area contributed by atoms with Crippen LogP contribution in [0.3, 0.4) is 0 Å². The largest absolute Gasteiger partial charge is 0.322 e. The van der Waals surface area contributed by atoms with Gasteiger partial charge in [-0.05, 0) is 81.3 Å². The molecule has 0 saturated carbocycles. The van der Waals surface area contributed by atoms with E-state index in [1.54, 1.807) is 0 Å². The Morgan fingerprint density at radius 3 is 2.58 bits per heavy atom. The van der Waals surface area contributed by atoms with Crippen molar-refractivity contribution >= 4 is 66.0 Å². The normalized spacial score (nSPS) is 10.3. The van der Waals surface area contributed by atoms with Crippen LogP contribution in [0, 0.1) is 10.5 Å². The van der Waals surface area contributed by atoms with Crippen LogP contribution in [0.5, 0.6) is 0 Å². The minimum Gasteiger partial charge on any atom is -0.322 e. The number of anilines is 1. The van der Waals surface area contributed by atoms with Crippen molar-refractivity contribution in [3.05, 3.63) is 60.0 Å². The molecule has 0 aromatic heterocycles. The van der Waals surface area contributed by atoms with Gasteiger partial charge in [-0.3, -0.25) is 4.79 Å². The molecule has 0 fully saturated rings. The maximum absolute atomic E-state index is 12.2. The lowest BCUT2D eigenvalue weighted by Crippen LogP contribution is -2.13. The van der Waals surface area contributed by atoms with E-state index in [9.17, 15) is 4.79 Å². The van der Waals surface area contributed by atoms with Gasteiger partial charge in [0.2, 0.25) is 0 Å². The third-order valence-electron chi connectivity index (χ3n) is 2.62. The summed E-state index contributed by atoms with van der Waals surface area (Å²) in [5.74, 6) is -0.105. The van der Waals surface area contributed by atoms with Crippen LogP contribution in [0.2, 0.25) is 0 Å². The maximum Gasteiger partial charge on any atom is 0.255 e. The zero-order valence-corrected chi connectivity index (χ0v) is 15.3. The SMILES string of the molecule is Cc1ccc(Br)cc1C(=O)Nc1ccc(I)c(Br)c1. The molecule has 0 radical (unpaired) electrons. The molecule has 0 unspecified atom stereocenters. The number of rotatable bonds is 2. The molecule has 0 atom stereocenters. The van der Waals surface area contributed by atoms with E-state index in [1.807, 2.05) is 43.3 Å². The van der Waals surface area contributed by atoms with Crippen molar-refractivity contribution in [2.24, 2.45) is 0 Å². The Labute approximate surface area is 142 Å². The molecule has 2 aromatic rings. The van der Waals surface area contributed by atoms with E-state index in [0.717, 1.165) is 23.8 Å². The lowest BCUT2D eigenvalue weighted by atomic mass is 10.1. The van der Waals surface area contributed by atoms with Crippen molar-refractivity contribution in [3.8, 4) is 0 Å². The molecule has 1 N–H and O–H groups in total. The summed E-state index contributed by atoms with van der Waals surface area (Å²) in [7, 11) is 0. The van der Waals surface area contributed by atoms with Crippen LogP contribution in [0.1, 0.15) is 15.9 Å². The summed E-state index contributed by atoms with van der Waals surface area (Å²) in [5, 5.41) is 2.90. The van der Waals surface area contributed by atoms with Gasteiger partial charge in [0, 0.05) is 23.8 Å². The molecule has 98 valence electrons. The van der Waals surface area contributed by atoms with Crippen molar-refractivity contribution in [2.75, 3.05) is 5.32 Å².